The van der Waals surface area contributed by atoms with Crippen LogP contribution in [0.25, 0.3) is 11.0 Å². The van der Waals surface area contributed by atoms with Crippen molar-refractivity contribution in [3.05, 3.63) is 47.7 Å². The van der Waals surface area contributed by atoms with Crippen LogP contribution in [0.3, 0.4) is 0 Å². The van der Waals surface area contributed by atoms with E-state index < -0.39 is 16.0 Å². The molecule has 0 fully saturated rings. The molecule has 0 unspecified atom stereocenters. The molecule has 0 bridgehead atoms. The van der Waals surface area contributed by atoms with Gasteiger partial charge in [0, 0.05) is 20.6 Å². The quantitative estimate of drug-likeness (QED) is 0.600. The first-order chi connectivity index (χ1) is 12.7. The first-order valence-electron chi connectivity index (χ1n) is 8.39. The molecule has 0 aliphatic rings. The molecule has 3 rings (SSSR count). The van der Waals surface area contributed by atoms with Gasteiger partial charge in [-0.05, 0) is 44.2 Å². The Kier molecular flexibility index (Phi) is 5.07. The van der Waals surface area contributed by atoms with Gasteiger partial charge in [-0.2, -0.15) is 0 Å². The normalized spacial score (nSPS) is 12.0. The molecule has 27 heavy (non-hydrogen) atoms. The predicted molar refractivity (Wildman–Crippen MR) is 98.8 cm³/mol. The Morgan fingerprint density at radius 3 is 2.59 bits per heavy atom. The number of fused-ring (bicyclic) bond motifs is 1. The Morgan fingerprint density at radius 2 is 2.00 bits per heavy atom. The Morgan fingerprint density at radius 1 is 1.26 bits per heavy atom. The summed E-state index contributed by atoms with van der Waals surface area (Å²) in [6.45, 7) is 4.24. The molecule has 0 amide bonds. The Labute approximate surface area is 157 Å². The minimum absolute atomic E-state index is 0.0448. The number of nitrogens with zero attached hydrogens (tertiary/aromatic N) is 3. The van der Waals surface area contributed by atoms with Crippen molar-refractivity contribution in [1.29, 1.82) is 0 Å². The molecule has 0 radical (unpaired) electrons. The minimum atomic E-state index is -3.55. The summed E-state index contributed by atoms with van der Waals surface area (Å²) in [6, 6.07) is 8.03. The highest BCUT2D eigenvalue weighted by molar-refractivity contribution is 7.89. The smallest absolute Gasteiger partial charge is 0.374 e. The van der Waals surface area contributed by atoms with Gasteiger partial charge in [0.1, 0.15) is 18.2 Å². The molecule has 3 aromatic rings. The number of imidazole rings is 1. The monoisotopic (exact) mass is 391 g/mol. The number of carbonyl (C=O) groups is 1. The van der Waals surface area contributed by atoms with Crippen LogP contribution in [0.1, 0.15) is 29.1 Å². The number of sulfonamides is 1. The zero-order valence-corrected chi connectivity index (χ0v) is 16.4. The van der Waals surface area contributed by atoms with Crippen molar-refractivity contribution >= 4 is 27.0 Å². The number of aryl methyl sites for hydroxylation is 2. The third kappa shape index (κ3) is 3.60. The lowest BCUT2D eigenvalue weighted by Gasteiger charge is -2.11. The molecular formula is C18H21N3O5S. The molecule has 0 aliphatic heterocycles. The van der Waals surface area contributed by atoms with E-state index in [9.17, 15) is 13.2 Å². The summed E-state index contributed by atoms with van der Waals surface area (Å²) in [5, 5.41) is 0. The van der Waals surface area contributed by atoms with Crippen LogP contribution in [0, 0.1) is 6.92 Å². The van der Waals surface area contributed by atoms with Gasteiger partial charge in [0.25, 0.3) is 0 Å². The third-order valence-corrected chi connectivity index (χ3v) is 5.98. The molecule has 0 spiro atoms. The first-order valence-corrected chi connectivity index (χ1v) is 9.83. The second kappa shape index (κ2) is 7.16. The fourth-order valence-electron chi connectivity index (χ4n) is 2.74. The van der Waals surface area contributed by atoms with Gasteiger partial charge >= 0.3 is 5.97 Å². The number of rotatable bonds is 6. The summed E-state index contributed by atoms with van der Waals surface area (Å²) >= 11 is 0. The number of ether oxygens (including phenoxy) is 1. The first kappa shape index (κ1) is 19.1. The van der Waals surface area contributed by atoms with Crippen molar-refractivity contribution in [3.63, 3.8) is 0 Å². The maximum absolute atomic E-state index is 12.3. The molecular weight excluding hydrogens is 370 g/mol. The van der Waals surface area contributed by atoms with Crippen LogP contribution in [0.5, 0.6) is 0 Å². The highest BCUT2D eigenvalue weighted by Crippen LogP contribution is 2.22. The van der Waals surface area contributed by atoms with Gasteiger partial charge in [-0.25, -0.2) is 22.5 Å². The maximum Gasteiger partial charge on any atom is 0.374 e. The standard InChI is InChI=1S/C18H21N3O5S/c1-5-21-15-8-7-13(27(23,24)20(3)4)10-14(15)19-17(21)11-25-18(22)16-9-6-12(2)26-16/h6-10H,5,11H2,1-4H3. The zero-order valence-electron chi connectivity index (χ0n) is 15.6. The van der Waals surface area contributed by atoms with Gasteiger partial charge in [0.2, 0.25) is 15.8 Å². The molecule has 0 atom stereocenters. The van der Waals surface area contributed by atoms with Gasteiger partial charge < -0.3 is 13.7 Å². The van der Waals surface area contributed by atoms with Gasteiger partial charge in [0.15, 0.2) is 0 Å². The Balaban J connectivity index is 1.90. The molecule has 144 valence electrons. The van der Waals surface area contributed by atoms with E-state index in [0.717, 1.165) is 9.82 Å². The molecule has 0 saturated carbocycles. The number of carbonyl (C=O) groups excluding carboxylic acids is 1. The summed E-state index contributed by atoms with van der Waals surface area (Å²) in [4.78, 5) is 16.7. The molecule has 2 heterocycles. The predicted octanol–water partition coefficient (Wildman–Crippen LogP) is 2.56. The second-order valence-electron chi connectivity index (χ2n) is 6.20. The van der Waals surface area contributed by atoms with E-state index >= 15 is 0 Å². The summed E-state index contributed by atoms with van der Waals surface area (Å²) in [7, 11) is -0.597. The molecule has 0 saturated heterocycles. The van der Waals surface area contributed by atoms with Crippen LogP contribution in [0.4, 0.5) is 0 Å². The summed E-state index contributed by atoms with van der Waals surface area (Å²) in [5.41, 5.74) is 1.30. The van der Waals surface area contributed by atoms with Crippen LogP contribution in [0.2, 0.25) is 0 Å². The van der Waals surface area contributed by atoms with Crippen LogP contribution in [-0.2, 0) is 27.9 Å². The summed E-state index contributed by atoms with van der Waals surface area (Å²) < 4.78 is 38.2. The Bertz CT molecular complexity index is 1100. The molecule has 0 aliphatic carbocycles. The Hall–Kier alpha value is -2.65. The SMILES string of the molecule is CCn1c(COC(=O)c2ccc(C)o2)nc2cc(S(=O)(=O)N(C)C)ccc21. The van der Waals surface area contributed by atoms with Gasteiger partial charge in [-0.3, -0.25) is 0 Å². The fourth-order valence-corrected chi connectivity index (χ4v) is 3.66. The van der Waals surface area contributed by atoms with E-state index in [2.05, 4.69) is 4.98 Å². The topological polar surface area (TPSA) is 94.6 Å². The van der Waals surface area contributed by atoms with Crippen molar-refractivity contribution in [3.8, 4) is 0 Å². The van der Waals surface area contributed by atoms with Crippen molar-refractivity contribution in [2.24, 2.45) is 0 Å². The number of aromatic nitrogens is 2. The molecule has 2 aromatic heterocycles. The van der Waals surface area contributed by atoms with E-state index in [4.69, 9.17) is 9.15 Å². The number of hydrogen-bond acceptors (Lipinski definition) is 6. The van der Waals surface area contributed by atoms with Crippen LogP contribution in [0.15, 0.2) is 39.6 Å². The third-order valence-electron chi connectivity index (χ3n) is 4.17. The van der Waals surface area contributed by atoms with Crippen LogP contribution < -0.4 is 0 Å². The van der Waals surface area contributed by atoms with Crippen molar-refractivity contribution < 1.29 is 22.4 Å². The van der Waals surface area contributed by atoms with Crippen molar-refractivity contribution in [2.45, 2.75) is 31.9 Å². The second-order valence-corrected chi connectivity index (χ2v) is 8.35. The number of benzene rings is 1. The van der Waals surface area contributed by atoms with Gasteiger partial charge in [0.05, 0.1) is 15.9 Å². The van der Waals surface area contributed by atoms with Crippen molar-refractivity contribution in [1.82, 2.24) is 13.9 Å². The lowest BCUT2D eigenvalue weighted by atomic mass is 10.3. The van der Waals surface area contributed by atoms with E-state index in [-0.39, 0.29) is 17.3 Å². The lowest BCUT2D eigenvalue weighted by Crippen LogP contribution is -2.22. The van der Waals surface area contributed by atoms with Crippen molar-refractivity contribution in [2.75, 3.05) is 14.1 Å². The van der Waals surface area contributed by atoms with Crippen LogP contribution in [-0.4, -0.2) is 42.3 Å². The van der Waals surface area contributed by atoms with Crippen LogP contribution >= 0.6 is 0 Å². The zero-order chi connectivity index (χ0) is 19.8. The summed E-state index contributed by atoms with van der Waals surface area (Å²) in [6.07, 6.45) is 0. The maximum atomic E-state index is 12.3. The van der Waals surface area contributed by atoms with E-state index in [1.165, 1.54) is 20.2 Å². The van der Waals surface area contributed by atoms with E-state index in [0.29, 0.717) is 23.6 Å². The molecule has 9 heteroatoms. The van der Waals surface area contributed by atoms with Gasteiger partial charge in [-0.1, -0.05) is 0 Å². The summed E-state index contributed by atoms with van der Waals surface area (Å²) in [5.74, 6) is 0.709. The minimum Gasteiger partial charge on any atom is -0.454 e. The van der Waals surface area contributed by atoms with E-state index in [1.807, 2.05) is 11.5 Å². The largest absolute Gasteiger partial charge is 0.454 e. The number of esters is 1. The lowest BCUT2D eigenvalue weighted by molar-refractivity contribution is 0.0421. The average Bonchev–Trinajstić information content (AvgIpc) is 3.21. The molecule has 8 nitrogen and oxygen atoms in total. The van der Waals surface area contributed by atoms with E-state index in [1.54, 1.807) is 31.2 Å². The number of furan rings is 1. The average molecular weight is 391 g/mol. The highest BCUT2D eigenvalue weighted by atomic mass is 32.2. The number of hydrogen-bond donors (Lipinski definition) is 0. The molecule has 1 aromatic carbocycles. The fraction of sp³-hybridized carbons (Fsp3) is 0.333. The molecule has 0 N–H and O–H groups in total. The van der Waals surface area contributed by atoms with Gasteiger partial charge in [-0.15, -0.1) is 0 Å². The highest BCUT2D eigenvalue weighted by Gasteiger charge is 2.20.